The van der Waals surface area contributed by atoms with Gasteiger partial charge in [0.05, 0.1) is 0 Å². The molecule has 0 saturated heterocycles. The Balaban J connectivity index is 2.79. The van der Waals surface area contributed by atoms with Gasteiger partial charge in [-0.3, -0.25) is 0 Å². The molecule has 4 nitrogen and oxygen atoms in total. The fourth-order valence-corrected chi connectivity index (χ4v) is 1.99. The number of rotatable bonds is 7. The summed E-state index contributed by atoms with van der Waals surface area (Å²) < 4.78 is 7.10. The molecule has 0 unspecified atom stereocenters. The molecule has 0 aliphatic rings. The second-order valence-corrected chi connectivity index (χ2v) is 4.14. The lowest BCUT2D eigenvalue weighted by molar-refractivity contribution is 0.174. The van der Waals surface area contributed by atoms with Crippen molar-refractivity contribution in [2.24, 2.45) is 0 Å². The third kappa shape index (κ3) is 3.35. The molecule has 0 bridgehead atoms. The predicted octanol–water partition coefficient (Wildman–Crippen LogP) is 2.11. The fourth-order valence-electron chi connectivity index (χ4n) is 1.17. The van der Waals surface area contributed by atoms with Gasteiger partial charge in [-0.25, -0.2) is 0 Å². The van der Waals surface area contributed by atoms with E-state index in [0.717, 1.165) is 29.7 Å². The van der Waals surface area contributed by atoms with Crippen LogP contribution in [0, 0.1) is 0 Å². The predicted molar refractivity (Wildman–Crippen MR) is 61.9 cm³/mol. The number of aromatic nitrogens is 3. The van der Waals surface area contributed by atoms with Crippen LogP contribution in [0.1, 0.15) is 19.2 Å². The van der Waals surface area contributed by atoms with Gasteiger partial charge in [-0.05, 0) is 6.42 Å². The van der Waals surface area contributed by atoms with E-state index in [1.165, 1.54) is 0 Å². The van der Waals surface area contributed by atoms with E-state index in [4.69, 9.17) is 4.74 Å². The monoisotopic (exact) mass is 227 g/mol. The minimum atomic E-state index is 0.494. The maximum Gasteiger partial charge on any atom is 0.191 e. The molecule has 0 aliphatic heterocycles. The first kappa shape index (κ1) is 12.3. The Bertz CT molecular complexity index is 312. The van der Waals surface area contributed by atoms with Gasteiger partial charge in [-0.2, -0.15) is 0 Å². The Morgan fingerprint density at radius 2 is 2.33 bits per heavy atom. The van der Waals surface area contributed by atoms with E-state index >= 15 is 0 Å². The summed E-state index contributed by atoms with van der Waals surface area (Å²) in [6.07, 6.45) is 2.98. The largest absolute Gasteiger partial charge is 0.377 e. The van der Waals surface area contributed by atoms with Gasteiger partial charge in [0.2, 0.25) is 0 Å². The third-order valence-electron chi connectivity index (χ3n) is 1.81. The highest BCUT2D eigenvalue weighted by molar-refractivity contribution is 7.99. The summed E-state index contributed by atoms with van der Waals surface area (Å²) in [7, 11) is 1.66. The Morgan fingerprint density at radius 1 is 1.53 bits per heavy atom. The molecule has 0 saturated carbocycles. The van der Waals surface area contributed by atoms with Crippen LogP contribution in [-0.4, -0.2) is 27.6 Å². The van der Waals surface area contributed by atoms with Gasteiger partial charge in [0.15, 0.2) is 11.0 Å². The van der Waals surface area contributed by atoms with E-state index in [0.29, 0.717) is 6.61 Å². The molecule has 0 radical (unpaired) electrons. The zero-order valence-corrected chi connectivity index (χ0v) is 10.1. The highest BCUT2D eigenvalue weighted by Gasteiger charge is 2.10. The van der Waals surface area contributed by atoms with Gasteiger partial charge >= 0.3 is 0 Å². The lowest BCUT2D eigenvalue weighted by Crippen LogP contribution is -2.04. The molecule has 0 aromatic carbocycles. The highest BCUT2D eigenvalue weighted by Crippen LogP contribution is 2.18. The summed E-state index contributed by atoms with van der Waals surface area (Å²) in [5, 5.41) is 9.18. The second-order valence-electron chi connectivity index (χ2n) is 3.08. The fraction of sp³-hybridized carbons (Fsp3) is 0.600. The summed E-state index contributed by atoms with van der Waals surface area (Å²) in [5.41, 5.74) is 0. The molecule has 0 N–H and O–H groups in total. The van der Waals surface area contributed by atoms with E-state index in [1.54, 1.807) is 18.9 Å². The lowest BCUT2D eigenvalue weighted by atomic mass is 10.5. The summed E-state index contributed by atoms with van der Waals surface area (Å²) in [6.45, 7) is 7.11. The van der Waals surface area contributed by atoms with Crippen LogP contribution >= 0.6 is 11.8 Å². The first-order valence-electron chi connectivity index (χ1n) is 4.98. The van der Waals surface area contributed by atoms with Crippen molar-refractivity contribution in [2.45, 2.75) is 31.7 Å². The Kier molecular flexibility index (Phi) is 5.42. The van der Waals surface area contributed by atoms with E-state index in [1.807, 2.05) is 10.6 Å². The van der Waals surface area contributed by atoms with Crippen LogP contribution in [0.2, 0.25) is 0 Å². The maximum absolute atomic E-state index is 5.07. The average molecular weight is 227 g/mol. The molecule has 84 valence electrons. The quantitative estimate of drug-likeness (QED) is 0.528. The molecule has 15 heavy (non-hydrogen) atoms. The first-order valence-corrected chi connectivity index (χ1v) is 5.96. The zero-order valence-electron chi connectivity index (χ0n) is 9.27. The topological polar surface area (TPSA) is 39.9 Å². The van der Waals surface area contributed by atoms with Crippen LogP contribution in [-0.2, 0) is 17.9 Å². The number of methoxy groups -OCH3 is 1. The normalized spacial score (nSPS) is 10.5. The molecule has 0 atom stereocenters. The number of allylic oxidation sites excluding steroid dienone is 1. The minimum Gasteiger partial charge on any atom is -0.377 e. The molecule has 0 amide bonds. The zero-order chi connectivity index (χ0) is 11.1. The average Bonchev–Trinajstić information content (AvgIpc) is 2.60. The van der Waals surface area contributed by atoms with Crippen LogP contribution in [0.15, 0.2) is 17.8 Å². The van der Waals surface area contributed by atoms with Crippen LogP contribution in [0.5, 0.6) is 0 Å². The van der Waals surface area contributed by atoms with Crippen LogP contribution in [0.3, 0.4) is 0 Å². The van der Waals surface area contributed by atoms with Crippen molar-refractivity contribution in [1.29, 1.82) is 0 Å². The summed E-state index contributed by atoms with van der Waals surface area (Å²) >= 11 is 1.72. The van der Waals surface area contributed by atoms with Gasteiger partial charge in [-0.15, -0.1) is 16.8 Å². The molecular formula is C10H17N3OS. The van der Waals surface area contributed by atoms with Crippen molar-refractivity contribution in [1.82, 2.24) is 14.8 Å². The standard InChI is InChI=1S/C10H17N3OS/c1-4-6-13-9(8-14-3)11-12-10(13)15-7-5-2/h4H,1,5-8H2,2-3H3. The van der Waals surface area contributed by atoms with E-state index in [-0.39, 0.29) is 0 Å². The summed E-state index contributed by atoms with van der Waals surface area (Å²) in [5.74, 6) is 1.92. The van der Waals surface area contributed by atoms with Crippen molar-refractivity contribution in [2.75, 3.05) is 12.9 Å². The number of hydrogen-bond acceptors (Lipinski definition) is 4. The van der Waals surface area contributed by atoms with Crippen molar-refractivity contribution >= 4 is 11.8 Å². The summed E-state index contributed by atoms with van der Waals surface area (Å²) in [4.78, 5) is 0. The third-order valence-corrected chi connectivity index (χ3v) is 2.99. The minimum absolute atomic E-state index is 0.494. The highest BCUT2D eigenvalue weighted by atomic mass is 32.2. The van der Waals surface area contributed by atoms with Crippen LogP contribution < -0.4 is 0 Å². The number of thioether (sulfide) groups is 1. The van der Waals surface area contributed by atoms with Gasteiger partial charge in [0.25, 0.3) is 0 Å². The Morgan fingerprint density at radius 3 is 2.93 bits per heavy atom. The number of hydrogen-bond donors (Lipinski definition) is 0. The molecule has 0 spiro atoms. The molecule has 1 aromatic rings. The molecule has 0 fully saturated rings. The Hall–Kier alpha value is -0.810. The smallest absolute Gasteiger partial charge is 0.191 e. The molecule has 0 aliphatic carbocycles. The molecule has 1 rings (SSSR count). The SMILES string of the molecule is C=CCn1c(COC)nnc1SCCC. The van der Waals surface area contributed by atoms with Gasteiger partial charge < -0.3 is 9.30 Å². The number of nitrogens with zero attached hydrogens (tertiary/aromatic N) is 3. The van der Waals surface area contributed by atoms with Crippen molar-refractivity contribution < 1.29 is 4.74 Å². The maximum atomic E-state index is 5.07. The van der Waals surface area contributed by atoms with E-state index < -0.39 is 0 Å². The van der Waals surface area contributed by atoms with Gasteiger partial charge in [0.1, 0.15) is 6.61 Å². The summed E-state index contributed by atoms with van der Waals surface area (Å²) in [6, 6.07) is 0. The van der Waals surface area contributed by atoms with Crippen molar-refractivity contribution in [3.63, 3.8) is 0 Å². The molecule has 1 aromatic heterocycles. The molecule has 1 heterocycles. The van der Waals surface area contributed by atoms with Crippen molar-refractivity contribution in [3.8, 4) is 0 Å². The van der Waals surface area contributed by atoms with E-state index in [9.17, 15) is 0 Å². The van der Waals surface area contributed by atoms with Crippen LogP contribution in [0.4, 0.5) is 0 Å². The van der Waals surface area contributed by atoms with Crippen molar-refractivity contribution in [3.05, 3.63) is 18.5 Å². The van der Waals surface area contributed by atoms with E-state index in [2.05, 4.69) is 23.7 Å². The van der Waals surface area contributed by atoms with Gasteiger partial charge in [0, 0.05) is 19.4 Å². The number of ether oxygens (including phenoxy) is 1. The van der Waals surface area contributed by atoms with Gasteiger partial charge in [-0.1, -0.05) is 24.8 Å². The first-order chi connectivity index (χ1) is 7.33. The lowest BCUT2D eigenvalue weighted by Gasteiger charge is -2.05. The Labute approximate surface area is 94.7 Å². The molecular weight excluding hydrogens is 210 g/mol. The second kappa shape index (κ2) is 6.63. The molecule has 5 heteroatoms. The van der Waals surface area contributed by atoms with Crippen LogP contribution in [0.25, 0.3) is 0 Å².